The van der Waals surface area contributed by atoms with Crippen LogP contribution in [0.1, 0.15) is 35.3 Å². The van der Waals surface area contributed by atoms with Crippen LogP contribution in [0, 0.1) is 0 Å². The zero-order valence-corrected chi connectivity index (χ0v) is 11.0. The van der Waals surface area contributed by atoms with Crippen molar-refractivity contribution in [3.8, 4) is 5.75 Å². The molecule has 5 heteroatoms. The van der Waals surface area contributed by atoms with E-state index in [0.29, 0.717) is 16.9 Å². The highest BCUT2D eigenvalue weighted by atomic mass is 19.4. The van der Waals surface area contributed by atoms with Gasteiger partial charge in [-0.3, -0.25) is 0 Å². The fourth-order valence-electron chi connectivity index (χ4n) is 2.51. The molecule has 2 atom stereocenters. The molecule has 0 aliphatic carbocycles. The Balaban J connectivity index is 1.93. The molecule has 0 spiro atoms. The molecule has 1 N–H and O–H groups in total. The molecule has 1 aliphatic rings. The summed E-state index contributed by atoms with van der Waals surface area (Å²) in [6.07, 6.45) is -5.48. The Morgan fingerprint density at radius 1 is 1.05 bits per heavy atom. The number of para-hydroxylation sites is 1. The minimum absolute atomic E-state index is 0.234. The van der Waals surface area contributed by atoms with Crippen LogP contribution >= 0.6 is 0 Å². The summed E-state index contributed by atoms with van der Waals surface area (Å²) in [4.78, 5) is 0. The van der Waals surface area contributed by atoms with E-state index in [1.165, 1.54) is 6.07 Å². The highest BCUT2D eigenvalue weighted by Crippen LogP contribution is 2.41. The number of halogens is 3. The van der Waals surface area contributed by atoms with Crippen LogP contribution in [0.2, 0.25) is 0 Å². The van der Waals surface area contributed by atoms with E-state index in [-0.39, 0.29) is 6.42 Å². The van der Waals surface area contributed by atoms with E-state index in [1.54, 1.807) is 30.3 Å². The first-order chi connectivity index (χ1) is 9.95. The van der Waals surface area contributed by atoms with Crippen LogP contribution in [0.15, 0.2) is 48.5 Å². The molecule has 0 saturated carbocycles. The molecule has 110 valence electrons. The van der Waals surface area contributed by atoms with Gasteiger partial charge in [0.05, 0.1) is 11.7 Å². The van der Waals surface area contributed by atoms with E-state index in [4.69, 9.17) is 4.74 Å². The Morgan fingerprint density at radius 2 is 1.81 bits per heavy atom. The van der Waals surface area contributed by atoms with E-state index in [2.05, 4.69) is 0 Å². The Labute approximate surface area is 119 Å². The van der Waals surface area contributed by atoms with Crippen LogP contribution < -0.4 is 4.74 Å². The summed E-state index contributed by atoms with van der Waals surface area (Å²) in [5.74, 6) is 0.513. The number of rotatable bonds is 1. The van der Waals surface area contributed by atoms with Crippen molar-refractivity contribution in [3.63, 3.8) is 0 Å². The van der Waals surface area contributed by atoms with E-state index >= 15 is 0 Å². The highest BCUT2D eigenvalue weighted by Gasteiger charge is 2.33. The summed E-state index contributed by atoms with van der Waals surface area (Å²) in [6, 6.07) is 12.0. The number of aliphatic hydroxyl groups excluding tert-OH is 1. The number of hydrogen-bond donors (Lipinski definition) is 1. The normalized spacial score (nSPS) is 21.5. The van der Waals surface area contributed by atoms with Gasteiger partial charge in [0.2, 0.25) is 0 Å². The van der Waals surface area contributed by atoms with Crippen molar-refractivity contribution >= 4 is 0 Å². The van der Waals surface area contributed by atoms with Gasteiger partial charge in [-0.1, -0.05) is 30.3 Å². The number of alkyl halides is 3. The maximum Gasteiger partial charge on any atom is 0.416 e. The molecule has 0 saturated heterocycles. The standard InChI is InChI=1S/C16H13F3O2/c17-16(18,19)11-5-3-4-10(8-11)15-9-13(20)12-6-1-2-7-14(12)21-15/h1-8,13,15,20H,9H2/t13-,15?/m1/s1. The lowest BCUT2D eigenvalue weighted by molar-refractivity contribution is -0.137. The first-order valence-corrected chi connectivity index (χ1v) is 6.56. The van der Waals surface area contributed by atoms with Gasteiger partial charge >= 0.3 is 6.18 Å². The predicted octanol–water partition coefficient (Wildman–Crippen LogP) is 4.26. The Bertz CT molecular complexity index is 652. The molecular formula is C16H13F3O2. The molecular weight excluding hydrogens is 281 g/mol. The van der Waals surface area contributed by atoms with E-state index in [0.717, 1.165) is 12.1 Å². The number of hydrogen-bond acceptors (Lipinski definition) is 2. The maximum absolute atomic E-state index is 12.8. The second-order valence-corrected chi connectivity index (χ2v) is 5.02. The average Bonchev–Trinajstić information content (AvgIpc) is 2.46. The van der Waals surface area contributed by atoms with Crippen LogP contribution in [0.4, 0.5) is 13.2 Å². The van der Waals surface area contributed by atoms with Gasteiger partial charge in [0.15, 0.2) is 0 Å². The number of ether oxygens (including phenoxy) is 1. The summed E-state index contributed by atoms with van der Waals surface area (Å²) >= 11 is 0. The summed E-state index contributed by atoms with van der Waals surface area (Å²) < 4.78 is 44.0. The summed E-state index contributed by atoms with van der Waals surface area (Å²) in [7, 11) is 0. The zero-order valence-electron chi connectivity index (χ0n) is 11.0. The first kappa shape index (κ1) is 13.9. The Kier molecular flexibility index (Phi) is 3.37. The second-order valence-electron chi connectivity index (χ2n) is 5.02. The second kappa shape index (κ2) is 5.07. The summed E-state index contributed by atoms with van der Waals surface area (Å²) in [5, 5.41) is 10.1. The SMILES string of the molecule is O[C@@H]1CC(c2cccc(C(F)(F)F)c2)Oc2ccccc21. The topological polar surface area (TPSA) is 29.5 Å². The van der Waals surface area contributed by atoms with Gasteiger partial charge in [-0.15, -0.1) is 0 Å². The molecule has 0 radical (unpaired) electrons. The van der Waals surface area contributed by atoms with Crippen molar-refractivity contribution in [1.29, 1.82) is 0 Å². The van der Waals surface area contributed by atoms with Gasteiger partial charge in [-0.2, -0.15) is 13.2 Å². The van der Waals surface area contributed by atoms with Gasteiger partial charge in [-0.05, 0) is 23.8 Å². The monoisotopic (exact) mass is 294 g/mol. The van der Waals surface area contributed by atoms with Gasteiger partial charge in [0.25, 0.3) is 0 Å². The average molecular weight is 294 g/mol. The molecule has 1 aliphatic heterocycles. The third-order valence-electron chi connectivity index (χ3n) is 3.57. The van der Waals surface area contributed by atoms with Crippen molar-refractivity contribution in [2.45, 2.75) is 24.8 Å². The highest BCUT2D eigenvalue weighted by molar-refractivity contribution is 5.39. The van der Waals surface area contributed by atoms with E-state index in [9.17, 15) is 18.3 Å². The minimum Gasteiger partial charge on any atom is -0.485 e. The molecule has 2 nitrogen and oxygen atoms in total. The van der Waals surface area contributed by atoms with E-state index in [1.807, 2.05) is 0 Å². The van der Waals surface area contributed by atoms with Crippen LogP contribution in [-0.4, -0.2) is 5.11 Å². The third kappa shape index (κ3) is 2.74. The van der Waals surface area contributed by atoms with Crippen molar-refractivity contribution in [2.75, 3.05) is 0 Å². The number of fused-ring (bicyclic) bond motifs is 1. The van der Waals surface area contributed by atoms with Crippen molar-refractivity contribution in [1.82, 2.24) is 0 Å². The molecule has 0 fully saturated rings. The van der Waals surface area contributed by atoms with Gasteiger partial charge in [-0.25, -0.2) is 0 Å². The predicted molar refractivity (Wildman–Crippen MR) is 70.8 cm³/mol. The Hall–Kier alpha value is -2.01. The number of aliphatic hydroxyl groups is 1. The quantitative estimate of drug-likeness (QED) is 0.851. The van der Waals surface area contributed by atoms with E-state index < -0.39 is 23.9 Å². The zero-order chi connectivity index (χ0) is 15.0. The third-order valence-corrected chi connectivity index (χ3v) is 3.57. The molecule has 2 aromatic rings. The molecule has 0 aromatic heterocycles. The molecule has 2 aromatic carbocycles. The van der Waals surface area contributed by atoms with Gasteiger partial charge < -0.3 is 9.84 Å². The fraction of sp³-hybridized carbons (Fsp3) is 0.250. The summed E-state index contributed by atoms with van der Waals surface area (Å²) in [6.45, 7) is 0. The fourth-order valence-corrected chi connectivity index (χ4v) is 2.51. The molecule has 1 unspecified atom stereocenters. The summed E-state index contributed by atoms with van der Waals surface area (Å²) in [5.41, 5.74) is 0.371. The first-order valence-electron chi connectivity index (χ1n) is 6.56. The van der Waals surface area contributed by atoms with Crippen molar-refractivity contribution < 1.29 is 23.0 Å². The number of benzene rings is 2. The largest absolute Gasteiger partial charge is 0.485 e. The van der Waals surface area contributed by atoms with Gasteiger partial charge in [0, 0.05) is 12.0 Å². The molecule has 1 heterocycles. The van der Waals surface area contributed by atoms with Crippen LogP contribution in [-0.2, 0) is 6.18 Å². The van der Waals surface area contributed by atoms with Gasteiger partial charge in [0.1, 0.15) is 11.9 Å². The van der Waals surface area contributed by atoms with Crippen molar-refractivity contribution in [3.05, 3.63) is 65.2 Å². The Morgan fingerprint density at radius 3 is 2.57 bits per heavy atom. The molecule has 3 rings (SSSR count). The van der Waals surface area contributed by atoms with Crippen LogP contribution in [0.25, 0.3) is 0 Å². The maximum atomic E-state index is 12.8. The lowest BCUT2D eigenvalue weighted by Crippen LogP contribution is -2.19. The van der Waals surface area contributed by atoms with Crippen molar-refractivity contribution in [2.24, 2.45) is 0 Å². The molecule has 21 heavy (non-hydrogen) atoms. The van der Waals surface area contributed by atoms with Crippen LogP contribution in [0.5, 0.6) is 5.75 Å². The minimum atomic E-state index is -4.39. The molecule has 0 amide bonds. The lowest BCUT2D eigenvalue weighted by atomic mass is 9.94. The van der Waals surface area contributed by atoms with Crippen LogP contribution in [0.3, 0.4) is 0 Å². The smallest absolute Gasteiger partial charge is 0.416 e. The lowest BCUT2D eigenvalue weighted by Gasteiger charge is -2.30. The molecule has 0 bridgehead atoms.